The normalized spacial score (nSPS) is 15.0. The number of piperazine rings is 1. The van der Waals surface area contributed by atoms with E-state index in [4.69, 9.17) is 23.2 Å². The maximum Gasteiger partial charge on any atom is 0.321 e. The molecule has 1 aliphatic rings. The second-order valence-corrected chi connectivity index (χ2v) is 6.54. The molecule has 0 spiro atoms. The number of thiazole rings is 1. The molecule has 2 aromatic rings. The van der Waals surface area contributed by atoms with Crippen LogP contribution in [0.1, 0.15) is 0 Å². The standard InChI is InChI=1S/C14H14Cl2N4OS/c15-11-2-1-10(9-12(11)16)18-13(21)19-4-6-20(7-5-19)14-17-3-8-22-14/h1-3,8-9H,4-7H2,(H,18,21). The largest absolute Gasteiger partial charge is 0.345 e. The molecule has 2 heterocycles. The van der Waals surface area contributed by atoms with Gasteiger partial charge in [-0.3, -0.25) is 0 Å². The van der Waals surface area contributed by atoms with Crippen molar-refractivity contribution in [3.8, 4) is 0 Å². The minimum Gasteiger partial charge on any atom is -0.345 e. The van der Waals surface area contributed by atoms with Crippen LogP contribution in [0.15, 0.2) is 29.8 Å². The van der Waals surface area contributed by atoms with Crippen molar-refractivity contribution in [2.45, 2.75) is 0 Å². The number of urea groups is 1. The van der Waals surface area contributed by atoms with Crippen LogP contribution in [0.25, 0.3) is 0 Å². The number of aromatic nitrogens is 1. The van der Waals surface area contributed by atoms with Gasteiger partial charge in [-0.1, -0.05) is 23.2 Å². The first-order valence-electron chi connectivity index (χ1n) is 6.79. The van der Waals surface area contributed by atoms with Crippen molar-refractivity contribution in [3.63, 3.8) is 0 Å². The molecule has 1 aromatic carbocycles. The van der Waals surface area contributed by atoms with Gasteiger partial charge in [0.25, 0.3) is 0 Å². The molecule has 1 saturated heterocycles. The summed E-state index contributed by atoms with van der Waals surface area (Å²) in [5, 5.41) is 6.70. The number of benzene rings is 1. The van der Waals surface area contributed by atoms with Gasteiger partial charge >= 0.3 is 6.03 Å². The van der Waals surface area contributed by atoms with Crippen LogP contribution in [-0.2, 0) is 0 Å². The third kappa shape index (κ3) is 3.45. The van der Waals surface area contributed by atoms with Crippen molar-refractivity contribution in [1.29, 1.82) is 0 Å². The molecule has 116 valence electrons. The van der Waals surface area contributed by atoms with E-state index in [0.717, 1.165) is 18.2 Å². The van der Waals surface area contributed by atoms with Gasteiger partial charge in [-0.25, -0.2) is 9.78 Å². The number of hydrogen-bond donors (Lipinski definition) is 1. The van der Waals surface area contributed by atoms with Crippen LogP contribution in [-0.4, -0.2) is 42.1 Å². The molecule has 1 aliphatic heterocycles. The molecule has 2 amide bonds. The Bertz CT molecular complexity index is 657. The number of carbonyl (C=O) groups is 1. The first-order valence-corrected chi connectivity index (χ1v) is 8.42. The number of nitrogens with zero attached hydrogens (tertiary/aromatic N) is 3. The van der Waals surface area contributed by atoms with E-state index in [0.29, 0.717) is 28.8 Å². The predicted octanol–water partition coefficient (Wildman–Crippen LogP) is 3.80. The van der Waals surface area contributed by atoms with Gasteiger partial charge in [0.05, 0.1) is 10.0 Å². The van der Waals surface area contributed by atoms with Crippen LogP contribution in [0.5, 0.6) is 0 Å². The van der Waals surface area contributed by atoms with E-state index in [1.54, 1.807) is 40.6 Å². The monoisotopic (exact) mass is 356 g/mol. The summed E-state index contributed by atoms with van der Waals surface area (Å²) >= 11 is 13.4. The third-order valence-electron chi connectivity index (χ3n) is 3.43. The van der Waals surface area contributed by atoms with Gasteiger partial charge in [0.15, 0.2) is 5.13 Å². The van der Waals surface area contributed by atoms with E-state index < -0.39 is 0 Å². The second-order valence-electron chi connectivity index (χ2n) is 4.85. The fourth-order valence-corrected chi connectivity index (χ4v) is 3.24. The van der Waals surface area contributed by atoms with Crippen LogP contribution in [0.2, 0.25) is 10.0 Å². The Morgan fingerprint density at radius 1 is 1.18 bits per heavy atom. The Labute approximate surface area is 142 Å². The minimum absolute atomic E-state index is 0.128. The fraction of sp³-hybridized carbons (Fsp3) is 0.286. The number of halogens is 2. The van der Waals surface area contributed by atoms with E-state index in [9.17, 15) is 4.79 Å². The lowest BCUT2D eigenvalue weighted by molar-refractivity contribution is 0.208. The Morgan fingerprint density at radius 2 is 1.95 bits per heavy atom. The molecule has 0 aliphatic carbocycles. The van der Waals surface area contributed by atoms with Crippen LogP contribution < -0.4 is 10.2 Å². The Balaban J connectivity index is 1.56. The van der Waals surface area contributed by atoms with Gasteiger partial charge < -0.3 is 15.1 Å². The molecular formula is C14H14Cl2N4OS. The molecule has 0 bridgehead atoms. The minimum atomic E-state index is -0.128. The van der Waals surface area contributed by atoms with Crippen molar-refractivity contribution in [2.75, 3.05) is 36.4 Å². The number of rotatable bonds is 2. The van der Waals surface area contributed by atoms with E-state index in [-0.39, 0.29) is 6.03 Å². The summed E-state index contributed by atoms with van der Waals surface area (Å²) in [7, 11) is 0. The van der Waals surface area contributed by atoms with Crippen molar-refractivity contribution < 1.29 is 4.79 Å². The molecule has 0 atom stereocenters. The van der Waals surface area contributed by atoms with Gasteiger partial charge in [-0.2, -0.15) is 0 Å². The molecule has 3 rings (SSSR count). The van der Waals surface area contributed by atoms with Crippen LogP contribution in [0.3, 0.4) is 0 Å². The molecule has 1 fully saturated rings. The van der Waals surface area contributed by atoms with Gasteiger partial charge in [0, 0.05) is 43.4 Å². The topological polar surface area (TPSA) is 48.5 Å². The fourth-order valence-electron chi connectivity index (χ4n) is 2.25. The van der Waals surface area contributed by atoms with E-state index in [2.05, 4.69) is 15.2 Å². The first-order chi connectivity index (χ1) is 10.6. The summed E-state index contributed by atoms with van der Waals surface area (Å²) in [6.07, 6.45) is 1.79. The molecule has 22 heavy (non-hydrogen) atoms. The zero-order chi connectivity index (χ0) is 15.5. The number of nitrogens with one attached hydrogen (secondary N) is 1. The molecule has 0 saturated carbocycles. The highest BCUT2D eigenvalue weighted by molar-refractivity contribution is 7.13. The SMILES string of the molecule is O=C(Nc1ccc(Cl)c(Cl)c1)N1CCN(c2nccs2)CC1. The van der Waals surface area contributed by atoms with Crippen molar-refractivity contribution in [3.05, 3.63) is 39.8 Å². The predicted molar refractivity (Wildman–Crippen MR) is 91.4 cm³/mol. The second kappa shape index (κ2) is 6.73. The van der Waals surface area contributed by atoms with Gasteiger partial charge in [0.2, 0.25) is 0 Å². The number of hydrogen-bond acceptors (Lipinski definition) is 4. The lowest BCUT2D eigenvalue weighted by atomic mass is 10.3. The van der Waals surface area contributed by atoms with E-state index in [1.807, 2.05) is 5.38 Å². The average molecular weight is 357 g/mol. The maximum absolute atomic E-state index is 12.3. The van der Waals surface area contributed by atoms with Crippen LogP contribution >= 0.6 is 34.5 Å². The lowest BCUT2D eigenvalue weighted by Crippen LogP contribution is -2.50. The summed E-state index contributed by atoms with van der Waals surface area (Å²) in [5.74, 6) is 0. The van der Waals surface area contributed by atoms with Crippen LogP contribution in [0, 0.1) is 0 Å². The number of anilines is 2. The molecule has 8 heteroatoms. The van der Waals surface area contributed by atoms with Gasteiger partial charge in [-0.05, 0) is 18.2 Å². The zero-order valence-electron chi connectivity index (χ0n) is 11.6. The quantitative estimate of drug-likeness (QED) is 0.889. The molecule has 5 nitrogen and oxygen atoms in total. The summed E-state index contributed by atoms with van der Waals surface area (Å²) < 4.78 is 0. The lowest BCUT2D eigenvalue weighted by Gasteiger charge is -2.34. The first kappa shape index (κ1) is 15.4. The summed E-state index contributed by atoms with van der Waals surface area (Å²) in [6.45, 7) is 2.88. The van der Waals surface area contributed by atoms with E-state index in [1.165, 1.54) is 0 Å². The third-order valence-corrected chi connectivity index (χ3v) is 5.00. The summed E-state index contributed by atoms with van der Waals surface area (Å²) in [5.41, 5.74) is 0.641. The smallest absolute Gasteiger partial charge is 0.321 e. The van der Waals surface area contributed by atoms with Gasteiger partial charge in [0.1, 0.15) is 0 Å². The molecule has 1 aromatic heterocycles. The maximum atomic E-state index is 12.3. The highest BCUT2D eigenvalue weighted by Gasteiger charge is 2.22. The average Bonchev–Trinajstić information content (AvgIpc) is 3.05. The highest BCUT2D eigenvalue weighted by Crippen LogP contribution is 2.25. The molecule has 0 unspecified atom stereocenters. The number of carbonyl (C=O) groups excluding carboxylic acids is 1. The summed E-state index contributed by atoms with van der Waals surface area (Å²) in [4.78, 5) is 20.5. The molecule has 0 radical (unpaired) electrons. The Kier molecular flexibility index (Phi) is 4.71. The number of amides is 2. The van der Waals surface area contributed by atoms with E-state index >= 15 is 0 Å². The highest BCUT2D eigenvalue weighted by atomic mass is 35.5. The molecular weight excluding hydrogens is 343 g/mol. The van der Waals surface area contributed by atoms with Crippen molar-refractivity contribution in [1.82, 2.24) is 9.88 Å². The van der Waals surface area contributed by atoms with Gasteiger partial charge in [-0.15, -0.1) is 11.3 Å². The Hall–Kier alpha value is -1.50. The molecule has 1 N–H and O–H groups in total. The van der Waals surface area contributed by atoms with Crippen LogP contribution in [0.4, 0.5) is 15.6 Å². The Morgan fingerprint density at radius 3 is 2.59 bits per heavy atom. The van der Waals surface area contributed by atoms with Crippen molar-refractivity contribution in [2.24, 2.45) is 0 Å². The van der Waals surface area contributed by atoms with Crippen molar-refractivity contribution >= 4 is 51.4 Å². The zero-order valence-corrected chi connectivity index (χ0v) is 14.0. The summed E-state index contributed by atoms with van der Waals surface area (Å²) in [6, 6.07) is 4.92.